The third kappa shape index (κ3) is 4.93. The summed E-state index contributed by atoms with van der Waals surface area (Å²) in [5, 5.41) is 4.62. The summed E-state index contributed by atoms with van der Waals surface area (Å²) < 4.78 is 0. The first-order chi connectivity index (χ1) is 9.15. The molecule has 0 aliphatic carbocycles. The molecule has 0 amide bonds. The Morgan fingerprint density at radius 2 is 1.95 bits per heavy atom. The zero-order valence-corrected chi connectivity index (χ0v) is 12.8. The molecule has 1 aliphatic rings. The average Bonchev–Trinajstić information content (AvgIpc) is 2.42. The van der Waals surface area contributed by atoms with Crippen LogP contribution >= 0.6 is 23.2 Å². The molecule has 0 bridgehead atoms. The maximum Gasteiger partial charge on any atom is 0.0595 e. The zero-order chi connectivity index (χ0) is 13.7. The van der Waals surface area contributed by atoms with Crippen LogP contribution in [0.5, 0.6) is 0 Å². The Hall–Kier alpha value is -0.320. The number of rotatable bonds is 5. The van der Waals surface area contributed by atoms with Crippen LogP contribution in [0.15, 0.2) is 18.2 Å². The van der Waals surface area contributed by atoms with Gasteiger partial charge in [-0.2, -0.15) is 0 Å². The van der Waals surface area contributed by atoms with Gasteiger partial charge in [0, 0.05) is 45.8 Å². The molecule has 2 rings (SSSR count). The Balaban J connectivity index is 1.76. The predicted molar refractivity (Wildman–Crippen MR) is 82.1 cm³/mol. The Labute approximate surface area is 125 Å². The highest BCUT2D eigenvalue weighted by atomic mass is 35.5. The molecule has 0 aromatic heterocycles. The lowest BCUT2D eigenvalue weighted by Gasteiger charge is -2.29. The molecule has 0 saturated carbocycles. The van der Waals surface area contributed by atoms with Crippen molar-refractivity contribution in [2.75, 3.05) is 46.3 Å². The quantitative estimate of drug-likeness (QED) is 0.900. The molecule has 0 spiro atoms. The van der Waals surface area contributed by atoms with E-state index in [9.17, 15) is 0 Å². The SMILES string of the molecule is CN(CCN1CCNCC1)Cc1ccc(Cl)c(Cl)c1. The number of hydrogen-bond donors (Lipinski definition) is 1. The maximum absolute atomic E-state index is 6.03. The number of piperazine rings is 1. The molecular weight excluding hydrogens is 281 g/mol. The third-order valence-electron chi connectivity index (χ3n) is 3.44. The van der Waals surface area contributed by atoms with Gasteiger partial charge in [-0.15, -0.1) is 0 Å². The van der Waals surface area contributed by atoms with Crippen LogP contribution in [0.4, 0.5) is 0 Å². The second-order valence-corrected chi connectivity index (χ2v) is 5.89. The van der Waals surface area contributed by atoms with Crippen molar-refractivity contribution < 1.29 is 0 Å². The van der Waals surface area contributed by atoms with Gasteiger partial charge in [-0.05, 0) is 24.7 Å². The van der Waals surface area contributed by atoms with Crippen molar-refractivity contribution in [1.29, 1.82) is 0 Å². The molecule has 1 aromatic carbocycles. The van der Waals surface area contributed by atoms with Crippen LogP contribution in [-0.2, 0) is 6.54 Å². The molecule has 1 saturated heterocycles. The lowest BCUT2D eigenvalue weighted by atomic mass is 10.2. The second kappa shape index (κ2) is 7.46. The number of benzene rings is 1. The van der Waals surface area contributed by atoms with Crippen molar-refractivity contribution in [3.8, 4) is 0 Å². The summed E-state index contributed by atoms with van der Waals surface area (Å²) in [4.78, 5) is 4.82. The van der Waals surface area contributed by atoms with Crippen molar-refractivity contribution in [1.82, 2.24) is 15.1 Å². The lowest BCUT2D eigenvalue weighted by Crippen LogP contribution is -2.45. The molecular formula is C14H21Cl2N3. The standard InChI is InChI=1S/C14H21Cl2N3/c1-18(8-9-19-6-4-17-5-7-19)11-12-2-3-13(15)14(16)10-12/h2-3,10,17H,4-9,11H2,1H3. The highest BCUT2D eigenvalue weighted by Crippen LogP contribution is 2.23. The van der Waals surface area contributed by atoms with Gasteiger partial charge < -0.3 is 10.2 Å². The minimum Gasteiger partial charge on any atom is -0.314 e. The summed E-state index contributed by atoms with van der Waals surface area (Å²) in [5.41, 5.74) is 1.21. The molecule has 5 heteroatoms. The van der Waals surface area contributed by atoms with Crippen LogP contribution in [0.3, 0.4) is 0 Å². The molecule has 19 heavy (non-hydrogen) atoms. The van der Waals surface area contributed by atoms with Gasteiger partial charge in [-0.3, -0.25) is 4.90 Å². The zero-order valence-electron chi connectivity index (χ0n) is 11.3. The van der Waals surface area contributed by atoms with Crippen LogP contribution in [0.1, 0.15) is 5.56 Å². The highest BCUT2D eigenvalue weighted by Gasteiger charge is 2.10. The predicted octanol–water partition coefficient (Wildman–Crippen LogP) is 2.33. The highest BCUT2D eigenvalue weighted by molar-refractivity contribution is 6.42. The normalized spacial score (nSPS) is 17.1. The fourth-order valence-corrected chi connectivity index (χ4v) is 2.60. The summed E-state index contributed by atoms with van der Waals surface area (Å²) in [6.45, 7) is 7.62. The van der Waals surface area contributed by atoms with Gasteiger partial charge >= 0.3 is 0 Å². The smallest absolute Gasteiger partial charge is 0.0595 e. The van der Waals surface area contributed by atoms with E-state index in [-0.39, 0.29) is 0 Å². The molecule has 1 heterocycles. The van der Waals surface area contributed by atoms with Crippen LogP contribution < -0.4 is 5.32 Å². The van der Waals surface area contributed by atoms with Crippen LogP contribution in [0.2, 0.25) is 10.0 Å². The number of nitrogens with zero attached hydrogens (tertiary/aromatic N) is 2. The van der Waals surface area contributed by atoms with Gasteiger partial charge in [-0.1, -0.05) is 29.3 Å². The number of halogens is 2. The topological polar surface area (TPSA) is 18.5 Å². The molecule has 1 N–H and O–H groups in total. The summed E-state index contributed by atoms with van der Waals surface area (Å²) in [6, 6.07) is 5.85. The second-order valence-electron chi connectivity index (χ2n) is 5.08. The van der Waals surface area contributed by atoms with Crippen LogP contribution in [-0.4, -0.2) is 56.1 Å². The monoisotopic (exact) mass is 301 g/mol. The first-order valence-corrected chi connectivity index (χ1v) is 7.46. The van der Waals surface area contributed by atoms with E-state index in [1.807, 2.05) is 18.2 Å². The van der Waals surface area contributed by atoms with E-state index in [1.54, 1.807) is 0 Å². The molecule has 3 nitrogen and oxygen atoms in total. The van der Waals surface area contributed by atoms with Crippen LogP contribution in [0, 0.1) is 0 Å². The molecule has 106 valence electrons. The number of hydrogen-bond acceptors (Lipinski definition) is 3. The minimum atomic E-state index is 0.619. The Morgan fingerprint density at radius 3 is 2.63 bits per heavy atom. The number of nitrogens with one attached hydrogen (secondary N) is 1. The van der Waals surface area contributed by atoms with Crippen molar-refractivity contribution >= 4 is 23.2 Å². The van der Waals surface area contributed by atoms with E-state index >= 15 is 0 Å². The molecule has 1 aliphatic heterocycles. The van der Waals surface area contributed by atoms with Gasteiger partial charge in [0.05, 0.1) is 10.0 Å². The van der Waals surface area contributed by atoms with Gasteiger partial charge in [0.25, 0.3) is 0 Å². The average molecular weight is 302 g/mol. The Morgan fingerprint density at radius 1 is 1.21 bits per heavy atom. The minimum absolute atomic E-state index is 0.619. The van der Waals surface area contributed by atoms with Crippen molar-refractivity contribution in [2.45, 2.75) is 6.54 Å². The first-order valence-electron chi connectivity index (χ1n) is 6.71. The van der Waals surface area contributed by atoms with E-state index in [0.717, 1.165) is 45.8 Å². The van der Waals surface area contributed by atoms with Crippen molar-refractivity contribution in [3.05, 3.63) is 33.8 Å². The van der Waals surface area contributed by atoms with E-state index in [4.69, 9.17) is 23.2 Å². The fourth-order valence-electron chi connectivity index (χ4n) is 2.28. The van der Waals surface area contributed by atoms with Gasteiger partial charge in [0.2, 0.25) is 0 Å². The van der Waals surface area contributed by atoms with E-state index < -0.39 is 0 Å². The number of likely N-dealkylation sites (N-methyl/N-ethyl adjacent to an activating group) is 1. The Bertz CT molecular complexity index is 406. The first kappa shape index (κ1) is 15.1. The Kier molecular flexibility index (Phi) is 5.92. The molecule has 1 aromatic rings. The molecule has 0 radical (unpaired) electrons. The summed E-state index contributed by atoms with van der Waals surface area (Å²) in [6.07, 6.45) is 0. The molecule has 0 atom stereocenters. The van der Waals surface area contributed by atoms with E-state index in [0.29, 0.717) is 10.0 Å². The summed E-state index contributed by atoms with van der Waals surface area (Å²) in [5.74, 6) is 0. The van der Waals surface area contributed by atoms with E-state index in [1.165, 1.54) is 5.56 Å². The lowest BCUT2D eigenvalue weighted by molar-refractivity contribution is 0.202. The van der Waals surface area contributed by atoms with E-state index in [2.05, 4.69) is 22.2 Å². The third-order valence-corrected chi connectivity index (χ3v) is 4.18. The van der Waals surface area contributed by atoms with Gasteiger partial charge in [0.15, 0.2) is 0 Å². The van der Waals surface area contributed by atoms with Crippen molar-refractivity contribution in [2.24, 2.45) is 0 Å². The maximum atomic E-state index is 6.03. The largest absolute Gasteiger partial charge is 0.314 e. The molecule has 0 unspecified atom stereocenters. The van der Waals surface area contributed by atoms with Gasteiger partial charge in [0.1, 0.15) is 0 Å². The summed E-state index contributed by atoms with van der Waals surface area (Å²) in [7, 11) is 2.14. The summed E-state index contributed by atoms with van der Waals surface area (Å²) >= 11 is 12.0. The molecule has 1 fully saturated rings. The van der Waals surface area contributed by atoms with Crippen molar-refractivity contribution in [3.63, 3.8) is 0 Å². The fraction of sp³-hybridized carbons (Fsp3) is 0.571. The van der Waals surface area contributed by atoms with Crippen LogP contribution in [0.25, 0.3) is 0 Å². The van der Waals surface area contributed by atoms with Gasteiger partial charge in [-0.25, -0.2) is 0 Å².